The van der Waals surface area contributed by atoms with Crippen LogP contribution in [0.5, 0.6) is 0 Å². The van der Waals surface area contributed by atoms with Gasteiger partial charge >= 0.3 is 0 Å². The molecule has 2 aliphatic rings. The molecule has 35 heavy (non-hydrogen) atoms. The van der Waals surface area contributed by atoms with Gasteiger partial charge in [0.1, 0.15) is 11.5 Å². The molecule has 1 aromatic carbocycles. The Morgan fingerprint density at radius 1 is 1.03 bits per heavy atom. The van der Waals surface area contributed by atoms with Crippen LogP contribution in [-0.4, -0.2) is 64.0 Å². The summed E-state index contributed by atoms with van der Waals surface area (Å²) in [6.07, 6.45) is 5.90. The second kappa shape index (κ2) is 11.4. The van der Waals surface area contributed by atoms with Crippen LogP contribution in [0.25, 0.3) is 5.69 Å². The van der Waals surface area contributed by atoms with E-state index in [2.05, 4.69) is 46.4 Å². The molecule has 0 saturated carbocycles. The lowest BCUT2D eigenvalue weighted by atomic mass is 10.0. The van der Waals surface area contributed by atoms with Crippen molar-refractivity contribution in [1.29, 1.82) is 0 Å². The van der Waals surface area contributed by atoms with Crippen molar-refractivity contribution in [3.05, 3.63) is 66.4 Å². The molecule has 9 heteroatoms. The third-order valence-corrected chi connectivity index (χ3v) is 6.69. The first-order valence-corrected chi connectivity index (χ1v) is 12.3. The molecule has 5 rings (SSSR count). The summed E-state index contributed by atoms with van der Waals surface area (Å²) in [5.74, 6) is 0.767. The second-order valence-electron chi connectivity index (χ2n) is 9.67. The van der Waals surface area contributed by atoms with E-state index in [4.69, 9.17) is 10.1 Å². The van der Waals surface area contributed by atoms with Crippen molar-refractivity contribution in [3.8, 4) is 5.69 Å². The van der Waals surface area contributed by atoms with Crippen molar-refractivity contribution in [2.24, 2.45) is 0 Å². The number of benzene rings is 1. The van der Waals surface area contributed by atoms with Gasteiger partial charge in [-0.25, -0.2) is 14.1 Å². The zero-order chi connectivity index (χ0) is 23.5. The summed E-state index contributed by atoms with van der Waals surface area (Å²) in [7, 11) is 0. The number of nitrogens with one attached hydrogen (secondary N) is 2. The van der Waals surface area contributed by atoms with Gasteiger partial charge in [-0.2, -0.15) is 5.10 Å². The van der Waals surface area contributed by atoms with E-state index in [9.17, 15) is 4.39 Å². The third-order valence-electron chi connectivity index (χ3n) is 6.69. The Morgan fingerprint density at radius 2 is 1.74 bits per heavy atom. The summed E-state index contributed by atoms with van der Waals surface area (Å²) in [6, 6.07) is 14.2. The molecule has 188 valence electrons. The fourth-order valence-corrected chi connectivity index (χ4v) is 5.21. The predicted octanol–water partition coefficient (Wildman–Crippen LogP) is 4.09. The summed E-state index contributed by atoms with van der Waals surface area (Å²) >= 11 is 0. The first-order chi connectivity index (χ1) is 16.5. The van der Waals surface area contributed by atoms with E-state index >= 15 is 0 Å². The van der Waals surface area contributed by atoms with Gasteiger partial charge in [-0.05, 0) is 69.2 Å². The highest BCUT2D eigenvalue weighted by Gasteiger charge is 2.24. The van der Waals surface area contributed by atoms with Gasteiger partial charge in [-0.1, -0.05) is 0 Å². The molecule has 0 unspecified atom stereocenters. The summed E-state index contributed by atoms with van der Waals surface area (Å²) < 4.78 is 15.1. The van der Waals surface area contributed by atoms with E-state index in [0.717, 1.165) is 68.5 Å². The zero-order valence-corrected chi connectivity index (χ0v) is 21.2. The molecule has 2 saturated heterocycles. The quantitative estimate of drug-likeness (QED) is 0.532. The number of piperidine rings is 1. The largest absolute Gasteiger partial charge is 0.382 e. The number of pyridine rings is 1. The van der Waals surface area contributed by atoms with Crippen LogP contribution in [0.2, 0.25) is 0 Å². The molecule has 2 fully saturated rings. The molecule has 2 aliphatic heterocycles. The number of anilines is 2. The Morgan fingerprint density at radius 3 is 2.46 bits per heavy atom. The van der Waals surface area contributed by atoms with Gasteiger partial charge in [0.15, 0.2) is 5.82 Å². The van der Waals surface area contributed by atoms with Gasteiger partial charge in [-0.3, -0.25) is 4.90 Å². The normalized spacial score (nSPS) is 21.5. The molecule has 2 N–H and O–H groups in total. The number of halogens is 2. The van der Waals surface area contributed by atoms with Crippen LogP contribution in [-0.2, 0) is 6.54 Å². The van der Waals surface area contributed by atoms with E-state index in [0.29, 0.717) is 18.1 Å². The third kappa shape index (κ3) is 6.31. The monoisotopic (exact) mass is 499 g/mol. The highest BCUT2D eigenvalue weighted by molar-refractivity contribution is 5.85. The summed E-state index contributed by atoms with van der Waals surface area (Å²) in [5, 5.41) is 12.0. The maximum Gasteiger partial charge on any atom is 0.154 e. The number of hydrogen-bond donors (Lipinski definition) is 2. The fourth-order valence-electron chi connectivity index (χ4n) is 5.21. The van der Waals surface area contributed by atoms with Crippen molar-refractivity contribution in [2.45, 2.75) is 51.4 Å². The topological polar surface area (TPSA) is 61.3 Å². The molecule has 0 spiro atoms. The Balaban J connectivity index is 0.00000289. The van der Waals surface area contributed by atoms with Gasteiger partial charge in [0, 0.05) is 68.9 Å². The lowest BCUT2D eigenvalue weighted by Gasteiger charge is -2.35. The molecule has 0 aliphatic carbocycles. The molecular formula is C26H35ClFN7. The highest BCUT2D eigenvalue weighted by atomic mass is 35.5. The average Bonchev–Trinajstić information content (AvgIpc) is 3.29. The Hall–Kier alpha value is -2.68. The Bertz CT molecular complexity index is 1070. The minimum absolute atomic E-state index is 0. The van der Waals surface area contributed by atoms with Gasteiger partial charge in [0.05, 0.1) is 5.69 Å². The van der Waals surface area contributed by atoms with Crippen LogP contribution in [0, 0.1) is 5.82 Å². The Labute approximate surface area is 213 Å². The summed E-state index contributed by atoms with van der Waals surface area (Å²) in [4.78, 5) is 9.55. The lowest BCUT2D eigenvalue weighted by Crippen LogP contribution is -2.53. The van der Waals surface area contributed by atoms with Crippen molar-refractivity contribution >= 4 is 23.9 Å². The lowest BCUT2D eigenvalue weighted by molar-refractivity contribution is 0.165. The fraction of sp³-hybridized carbons (Fsp3) is 0.462. The smallest absolute Gasteiger partial charge is 0.154 e. The average molecular weight is 500 g/mol. The van der Waals surface area contributed by atoms with Crippen molar-refractivity contribution < 1.29 is 4.39 Å². The summed E-state index contributed by atoms with van der Waals surface area (Å²) in [5.41, 5.74) is 3.06. The van der Waals surface area contributed by atoms with Crippen LogP contribution in [0.4, 0.5) is 15.9 Å². The van der Waals surface area contributed by atoms with Crippen LogP contribution < -0.4 is 15.5 Å². The van der Waals surface area contributed by atoms with E-state index in [1.54, 1.807) is 12.1 Å². The molecule has 2 aromatic heterocycles. The molecule has 0 radical (unpaired) electrons. The number of aromatic nitrogens is 3. The first kappa shape index (κ1) is 25.4. The van der Waals surface area contributed by atoms with Crippen molar-refractivity contribution in [3.63, 3.8) is 0 Å². The van der Waals surface area contributed by atoms with Gasteiger partial charge < -0.3 is 15.5 Å². The SMILES string of the molecule is C[C@@H]1CN(Cc2ccn(-c3cccnc3N3CCC(Nc4ccc(F)cc4)CC3)n2)C[C@H](C)N1.Cl. The first-order valence-electron chi connectivity index (χ1n) is 12.3. The molecule has 2 atom stereocenters. The Kier molecular flexibility index (Phi) is 8.26. The predicted molar refractivity (Wildman–Crippen MR) is 141 cm³/mol. The van der Waals surface area contributed by atoms with E-state index < -0.39 is 0 Å². The van der Waals surface area contributed by atoms with Crippen molar-refractivity contribution in [2.75, 3.05) is 36.4 Å². The van der Waals surface area contributed by atoms with Crippen LogP contribution in [0.3, 0.4) is 0 Å². The summed E-state index contributed by atoms with van der Waals surface area (Å²) in [6.45, 7) is 9.23. The van der Waals surface area contributed by atoms with Gasteiger partial charge in [-0.15, -0.1) is 12.4 Å². The van der Waals surface area contributed by atoms with E-state index in [-0.39, 0.29) is 18.2 Å². The maximum absolute atomic E-state index is 13.2. The number of rotatable bonds is 6. The van der Waals surface area contributed by atoms with Gasteiger partial charge in [0.25, 0.3) is 0 Å². The molecule has 0 amide bonds. The minimum atomic E-state index is -0.207. The number of nitrogens with zero attached hydrogens (tertiary/aromatic N) is 5. The second-order valence-corrected chi connectivity index (χ2v) is 9.67. The van der Waals surface area contributed by atoms with E-state index in [1.807, 2.05) is 23.1 Å². The van der Waals surface area contributed by atoms with Crippen LogP contribution >= 0.6 is 12.4 Å². The van der Waals surface area contributed by atoms with Crippen LogP contribution in [0.1, 0.15) is 32.4 Å². The standard InChI is InChI=1S/C26H34FN7.ClH/c1-19-16-32(17-20(2)29-19)18-24-11-15-34(31-24)25-4-3-12-28-26(25)33-13-9-23(10-14-33)30-22-7-5-21(27)6-8-22;/h3-8,11-12,15,19-20,23,29-30H,9-10,13-14,16-18H2,1-2H3;1H/t19-,20+;. The zero-order valence-electron chi connectivity index (χ0n) is 20.4. The number of hydrogen-bond acceptors (Lipinski definition) is 6. The highest BCUT2D eigenvalue weighted by Crippen LogP contribution is 2.26. The molecular weight excluding hydrogens is 465 g/mol. The molecule has 3 aromatic rings. The molecule has 7 nitrogen and oxygen atoms in total. The number of piperazine rings is 1. The van der Waals surface area contributed by atoms with Crippen LogP contribution in [0.15, 0.2) is 54.9 Å². The minimum Gasteiger partial charge on any atom is -0.382 e. The van der Waals surface area contributed by atoms with Crippen molar-refractivity contribution in [1.82, 2.24) is 25.0 Å². The van der Waals surface area contributed by atoms with E-state index in [1.165, 1.54) is 12.1 Å². The van der Waals surface area contributed by atoms with Gasteiger partial charge in [0.2, 0.25) is 0 Å². The molecule has 0 bridgehead atoms. The maximum atomic E-state index is 13.2. The molecule has 4 heterocycles.